The first kappa shape index (κ1) is 28.6. The number of hydrogen-bond donors (Lipinski definition) is 1. The third-order valence-electron chi connectivity index (χ3n) is 6.33. The van der Waals surface area contributed by atoms with Crippen LogP contribution < -0.4 is 4.74 Å². The molecule has 0 radical (unpaired) electrons. The van der Waals surface area contributed by atoms with E-state index >= 15 is 0 Å². The zero-order valence-electron chi connectivity index (χ0n) is 20.5. The predicted octanol–water partition coefficient (Wildman–Crippen LogP) is 4.99. The van der Waals surface area contributed by atoms with Crippen molar-refractivity contribution in [1.29, 1.82) is 0 Å². The van der Waals surface area contributed by atoms with Gasteiger partial charge in [0.1, 0.15) is 25.0 Å². The number of carbonyl (C=O) groups excluding carboxylic acids is 1. The summed E-state index contributed by atoms with van der Waals surface area (Å²) in [5.74, 6) is 1.19. The fraction of sp³-hybridized carbons (Fsp3) is 0.519. The van der Waals surface area contributed by atoms with Gasteiger partial charge in [0.25, 0.3) is 0 Å². The van der Waals surface area contributed by atoms with Crippen molar-refractivity contribution in [3.05, 3.63) is 63.6 Å². The van der Waals surface area contributed by atoms with E-state index in [0.717, 1.165) is 27.5 Å². The van der Waals surface area contributed by atoms with Gasteiger partial charge < -0.3 is 19.1 Å². The van der Waals surface area contributed by atoms with Crippen LogP contribution in [0.1, 0.15) is 36.5 Å². The van der Waals surface area contributed by atoms with Crippen LogP contribution in [-0.2, 0) is 28.8 Å². The van der Waals surface area contributed by atoms with Crippen LogP contribution in [0.15, 0.2) is 46.9 Å². The molecule has 0 saturated heterocycles. The van der Waals surface area contributed by atoms with Gasteiger partial charge in [0.15, 0.2) is 0 Å². The molecule has 1 aliphatic rings. The number of hydrogen-bond acceptors (Lipinski definition) is 4. The molecule has 2 aromatic carbocycles. The zero-order chi connectivity index (χ0) is 23.8. The average molecular weight is 556 g/mol. The van der Waals surface area contributed by atoms with Gasteiger partial charge >= 0.3 is 5.97 Å². The first-order valence-corrected chi connectivity index (χ1v) is 12.7. The zero-order valence-corrected chi connectivity index (χ0v) is 22.9. The highest BCUT2D eigenvalue weighted by atomic mass is 79.9. The van der Waals surface area contributed by atoms with Crippen molar-refractivity contribution >= 4 is 34.3 Å². The van der Waals surface area contributed by atoms with E-state index in [-0.39, 0.29) is 25.0 Å². The number of benzene rings is 2. The minimum absolute atomic E-state index is 0. The van der Waals surface area contributed by atoms with Crippen LogP contribution >= 0.6 is 28.3 Å². The topological polar surface area (TPSA) is 55.8 Å². The minimum Gasteiger partial charge on any atom is -0.489 e. The summed E-state index contributed by atoms with van der Waals surface area (Å²) in [5.41, 5.74) is 4.00. The molecule has 1 atom stereocenters. The number of carbonyl (C=O) groups is 1. The van der Waals surface area contributed by atoms with Crippen molar-refractivity contribution in [2.75, 3.05) is 40.4 Å². The quantitative estimate of drug-likeness (QED) is 0.296. The lowest BCUT2D eigenvalue weighted by molar-refractivity contribution is -0.894. The molecule has 0 amide bonds. The predicted molar refractivity (Wildman–Crippen MR) is 142 cm³/mol. The second kappa shape index (κ2) is 13.5. The van der Waals surface area contributed by atoms with Gasteiger partial charge in [0.2, 0.25) is 0 Å². The lowest BCUT2D eigenvalue weighted by Gasteiger charge is -2.32. The fourth-order valence-electron chi connectivity index (χ4n) is 4.58. The number of ether oxygens (including phenoxy) is 2. The second-order valence-corrected chi connectivity index (χ2v) is 10.6. The van der Waals surface area contributed by atoms with Gasteiger partial charge in [-0.3, -0.25) is 4.79 Å². The van der Waals surface area contributed by atoms with Gasteiger partial charge in [-0.05, 0) is 76.9 Å². The van der Waals surface area contributed by atoms with Gasteiger partial charge in [-0.15, -0.1) is 12.4 Å². The van der Waals surface area contributed by atoms with Crippen LogP contribution in [0.5, 0.6) is 5.75 Å². The average Bonchev–Trinajstić information content (AvgIpc) is 3.19. The number of aryl methyl sites for hydroxylation is 1. The van der Waals surface area contributed by atoms with Crippen LogP contribution in [0.4, 0.5) is 0 Å². The molecule has 2 aromatic rings. The van der Waals surface area contributed by atoms with Crippen LogP contribution in [0, 0.1) is 5.92 Å². The monoisotopic (exact) mass is 554 g/mol. The fourth-order valence-corrected chi connectivity index (χ4v) is 4.94. The van der Waals surface area contributed by atoms with Crippen LogP contribution in [0.2, 0.25) is 0 Å². The van der Waals surface area contributed by atoms with Crippen molar-refractivity contribution in [3.8, 4) is 5.75 Å². The van der Waals surface area contributed by atoms with Crippen molar-refractivity contribution in [1.82, 2.24) is 0 Å². The molecule has 1 N–H and O–H groups in total. The summed E-state index contributed by atoms with van der Waals surface area (Å²) < 4.78 is 12.5. The Morgan fingerprint density at radius 1 is 1.18 bits per heavy atom. The number of aliphatic hydroxyl groups excluding tert-OH is 1. The minimum atomic E-state index is -0.559. The van der Waals surface area contributed by atoms with Gasteiger partial charge in [-0.25, -0.2) is 0 Å². The number of likely N-dealkylation sites (N-methyl/N-ethyl adjacent to an activating group) is 1. The Bertz CT molecular complexity index is 912. The molecule has 0 aromatic heterocycles. The summed E-state index contributed by atoms with van der Waals surface area (Å²) in [4.78, 5) is 11.6. The van der Waals surface area contributed by atoms with Gasteiger partial charge in [-0.1, -0.05) is 30.3 Å². The van der Waals surface area contributed by atoms with Crippen LogP contribution in [0.3, 0.4) is 0 Å². The summed E-state index contributed by atoms with van der Waals surface area (Å²) >= 11 is 3.52. The van der Waals surface area contributed by atoms with Crippen molar-refractivity contribution in [2.24, 2.45) is 5.92 Å². The number of aliphatic hydroxyl groups is 1. The van der Waals surface area contributed by atoms with E-state index < -0.39 is 6.10 Å². The molecule has 188 valence electrons. The van der Waals surface area contributed by atoms with E-state index in [4.69, 9.17) is 9.47 Å². The van der Waals surface area contributed by atoms with E-state index in [1.165, 1.54) is 24.0 Å². The molecule has 5 nitrogen and oxygen atoms in total. The van der Waals surface area contributed by atoms with Crippen LogP contribution in [-0.4, -0.2) is 62.1 Å². The van der Waals surface area contributed by atoms with Crippen molar-refractivity contribution in [2.45, 2.75) is 45.1 Å². The summed E-state index contributed by atoms with van der Waals surface area (Å²) in [5, 5.41) is 10.7. The molecule has 0 spiro atoms. The number of halogens is 2. The molecule has 0 unspecified atom stereocenters. The summed E-state index contributed by atoms with van der Waals surface area (Å²) in [6.07, 6.45) is 3.87. The maximum absolute atomic E-state index is 11.6. The molecular formula is C27H38BrClNO4+. The number of fused-ring (bicyclic) bond motifs is 1. The number of rotatable bonds is 12. The van der Waals surface area contributed by atoms with Crippen molar-refractivity contribution in [3.63, 3.8) is 0 Å². The van der Waals surface area contributed by atoms with Gasteiger partial charge in [-0.2, -0.15) is 0 Å². The molecule has 0 heterocycles. The molecule has 34 heavy (non-hydrogen) atoms. The maximum Gasteiger partial charge on any atom is 0.306 e. The molecule has 7 heteroatoms. The lowest BCUT2D eigenvalue weighted by atomic mass is 10.0. The highest BCUT2D eigenvalue weighted by Crippen LogP contribution is 2.29. The van der Waals surface area contributed by atoms with Gasteiger partial charge in [0, 0.05) is 12.8 Å². The smallest absolute Gasteiger partial charge is 0.306 e. The molecule has 3 rings (SSSR count). The molecule has 0 bridgehead atoms. The van der Waals surface area contributed by atoms with E-state index in [9.17, 15) is 9.90 Å². The summed E-state index contributed by atoms with van der Waals surface area (Å²) in [7, 11) is 4.36. The third kappa shape index (κ3) is 8.88. The Hall–Kier alpha value is -1.60. The molecular weight excluding hydrogens is 518 g/mol. The first-order valence-electron chi connectivity index (χ1n) is 11.9. The number of nitrogens with zero attached hydrogens (tertiary/aromatic N) is 1. The summed E-state index contributed by atoms with van der Waals surface area (Å²) in [6.45, 7) is 4.11. The van der Waals surface area contributed by atoms with E-state index in [1.807, 2.05) is 25.1 Å². The Balaban J connectivity index is 0.00000408. The standard InChI is InChI=1S/C27H37BrNO4.ClH/c1-4-32-27(31)12-10-20-9-11-25(28)26(17-20)33-19-24(30)18-29(2,3)14-13-21-15-22-7-5-6-8-23(22)16-21;/h5-9,11,17,21,24,30H,4,10,12-16,18-19H2,1-3H3;1H/q+1;/t24-;/m1./s1. The summed E-state index contributed by atoms with van der Waals surface area (Å²) in [6, 6.07) is 14.6. The molecule has 0 saturated carbocycles. The Morgan fingerprint density at radius 2 is 1.85 bits per heavy atom. The molecule has 0 aliphatic heterocycles. The SMILES string of the molecule is CCOC(=O)CCc1ccc(Br)c(OC[C@H](O)C[N+](C)(C)CCC2Cc3ccccc3C2)c1.Cl. The van der Waals surface area contributed by atoms with E-state index in [0.29, 0.717) is 37.7 Å². The molecule has 0 fully saturated rings. The Labute approximate surface area is 218 Å². The highest BCUT2D eigenvalue weighted by molar-refractivity contribution is 9.10. The first-order chi connectivity index (χ1) is 15.8. The van der Waals surface area contributed by atoms with Crippen LogP contribution in [0.25, 0.3) is 0 Å². The van der Waals surface area contributed by atoms with Gasteiger partial charge in [0.05, 0.1) is 31.7 Å². The molecule has 1 aliphatic carbocycles. The normalized spacial score (nSPS) is 14.3. The second-order valence-electron chi connectivity index (χ2n) is 9.71. The number of quaternary nitrogens is 1. The maximum atomic E-state index is 11.6. The Morgan fingerprint density at radius 3 is 2.50 bits per heavy atom. The largest absolute Gasteiger partial charge is 0.489 e. The van der Waals surface area contributed by atoms with Crippen molar-refractivity contribution < 1.29 is 23.9 Å². The number of esters is 1. The Kier molecular flexibility index (Phi) is 11.4. The van der Waals surface area contributed by atoms with E-state index in [2.05, 4.69) is 54.3 Å². The van der Waals surface area contributed by atoms with E-state index in [1.54, 1.807) is 0 Å². The lowest BCUT2D eigenvalue weighted by Crippen LogP contribution is -2.48. The highest BCUT2D eigenvalue weighted by Gasteiger charge is 2.26. The third-order valence-corrected chi connectivity index (χ3v) is 6.99.